The number of aromatic nitrogens is 6. The minimum atomic E-state index is -0.540. The van der Waals surface area contributed by atoms with Crippen molar-refractivity contribution in [2.75, 3.05) is 0 Å². The Labute approximate surface area is 258 Å². The van der Waals surface area contributed by atoms with E-state index >= 15 is 0 Å². The Morgan fingerprint density at radius 2 is 1.20 bits per heavy atom. The molecule has 2 aliphatic rings. The van der Waals surface area contributed by atoms with Crippen LogP contribution in [0, 0.1) is 11.6 Å². The molecule has 0 saturated heterocycles. The van der Waals surface area contributed by atoms with Gasteiger partial charge in [0.2, 0.25) is 0 Å². The van der Waals surface area contributed by atoms with Gasteiger partial charge in [-0.2, -0.15) is 0 Å². The van der Waals surface area contributed by atoms with Gasteiger partial charge in [0.05, 0.1) is 35.8 Å². The third-order valence-corrected chi connectivity index (χ3v) is 8.11. The summed E-state index contributed by atoms with van der Waals surface area (Å²) in [6.07, 6.45) is 10.5. The van der Waals surface area contributed by atoms with Crippen LogP contribution in [-0.2, 0) is 4.74 Å². The van der Waals surface area contributed by atoms with Crippen molar-refractivity contribution in [1.82, 2.24) is 34.4 Å². The third-order valence-electron chi connectivity index (χ3n) is 8.11. The largest absolute Gasteiger partial charge is 0.444 e. The molecular weight excluding hydrogens is 586 g/mol. The molecule has 0 spiro atoms. The number of pyridine rings is 2. The molecule has 240 valence electrons. The number of rotatable bonds is 3. The minimum absolute atomic E-state index is 0.000218. The number of hydrogen-bond donors (Lipinski definition) is 2. The SMILES string of the molecule is CC(C)(C)OC(=O)NC1CCC(n2c(=O)cnc3ncc(F)cc32)CC1.NC1CCC(n2c(=O)cnc3ncc(F)cc32)CC1. The van der Waals surface area contributed by atoms with E-state index < -0.39 is 23.3 Å². The number of nitrogens with zero attached hydrogens (tertiary/aromatic N) is 6. The van der Waals surface area contributed by atoms with Crippen molar-refractivity contribution in [1.29, 1.82) is 0 Å². The molecule has 14 heteroatoms. The fraction of sp³-hybridized carbons (Fsp3) is 0.516. The molecule has 2 fully saturated rings. The molecule has 4 aromatic heterocycles. The quantitative estimate of drug-likeness (QED) is 0.339. The number of nitrogens with one attached hydrogen (secondary N) is 1. The maximum absolute atomic E-state index is 13.6. The van der Waals surface area contributed by atoms with Crippen LogP contribution in [0.25, 0.3) is 22.3 Å². The van der Waals surface area contributed by atoms with Crippen LogP contribution in [-0.4, -0.2) is 52.8 Å². The average molecular weight is 625 g/mol. The van der Waals surface area contributed by atoms with E-state index in [1.54, 1.807) is 9.13 Å². The van der Waals surface area contributed by atoms with Crippen LogP contribution >= 0.6 is 0 Å². The maximum Gasteiger partial charge on any atom is 0.407 e. The van der Waals surface area contributed by atoms with Gasteiger partial charge in [0.1, 0.15) is 17.2 Å². The summed E-state index contributed by atoms with van der Waals surface area (Å²) in [5.41, 5.74) is 6.48. The zero-order valence-corrected chi connectivity index (χ0v) is 25.6. The first-order chi connectivity index (χ1) is 21.4. The summed E-state index contributed by atoms with van der Waals surface area (Å²) in [5.74, 6) is -0.958. The molecule has 6 rings (SSSR count). The van der Waals surface area contributed by atoms with Gasteiger partial charge in [0, 0.05) is 36.3 Å². The second-order valence-corrected chi connectivity index (χ2v) is 12.6. The van der Waals surface area contributed by atoms with Crippen LogP contribution in [0.3, 0.4) is 0 Å². The van der Waals surface area contributed by atoms with E-state index in [4.69, 9.17) is 10.5 Å². The van der Waals surface area contributed by atoms with Gasteiger partial charge < -0.3 is 24.9 Å². The van der Waals surface area contributed by atoms with Gasteiger partial charge in [0.25, 0.3) is 11.1 Å². The predicted octanol–water partition coefficient (Wildman–Crippen LogP) is 4.31. The average Bonchev–Trinajstić information content (AvgIpc) is 2.98. The van der Waals surface area contributed by atoms with Crippen molar-refractivity contribution in [2.45, 2.75) is 102 Å². The first-order valence-electron chi connectivity index (χ1n) is 15.2. The molecule has 0 radical (unpaired) electrons. The van der Waals surface area contributed by atoms with E-state index in [0.717, 1.165) is 38.1 Å². The number of hydrogen-bond acceptors (Lipinski definition) is 9. The highest BCUT2D eigenvalue weighted by molar-refractivity contribution is 5.70. The van der Waals surface area contributed by atoms with E-state index in [0.29, 0.717) is 48.0 Å². The highest BCUT2D eigenvalue weighted by Crippen LogP contribution is 2.30. The standard InChI is InChI=1S/C18H23FN4O3.C13H15FN4O/c1-18(2,3)26-17(25)22-12-4-6-13(7-5-12)23-14-8-11(19)9-20-16(14)21-10-15(23)24;14-8-5-11-13(16-6-8)17-7-12(19)18(11)10-3-1-9(15)2-4-10/h8-10,12-13H,4-7H2,1-3H3,(H,22,25);5-7,9-10H,1-4,15H2. The summed E-state index contributed by atoms with van der Waals surface area (Å²) in [6.45, 7) is 5.45. The molecule has 0 aromatic carbocycles. The molecule has 0 aliphatic heterocycles. The maximum atomic E-state index is 13.6. The first-order valence-corrected chi connectivity index (χ1v) is 15.2. The van der Waals surface area contributed by atoms with Gasteiger partial charge >= 0.3 is 6.09 Å². The Kier molecular flexibility index (Phi) is 9.51. The van der Waals surface area contributed by atoms with E-state index in [1.165, 1.54) is 24.5 Å². The van der Waals surface area contributed by atoms with Gasteiger partial charge in [-0.25, -0.2) is 33.5 Å². The van der Waals surface area contributed by atoms with Crippen LogP contribution in [0.4, 0.5) is 13.6 Å². The second kappa shape index (κ2) is 13.3. The number of alkyl carbamates (subject to hydrolysis) is 1. The van der Waals surface area contributed by atoms with Crippen LogP contribution in [0.1, 0.15) is 84.2 Å². The third kappa shape index (κ3) is 7.85. The summed E-state index contributed by atoms with van der Waals surface area (Å²) in [5, 5.41) is 2.88. The zero-order chi connectivity index (χ0) is 32.3. The van der Waals surface area contributed by atoms with Gasteiger partial charge in [-0.05, 0) is 72.1 Å². The number of carbonyl (C=O) groups is 1. The van der Waals surface area contributed by atoms with E-state index in [2.05, 4.69) is 25.3 Å². The number of fused-ring (bicyclic) bond motifs is 2. The lowest BCUT2D eigenvalue weighted by Crippen LogP contribution is -2.41. The summed E-state index contributed by atoms with van der Waals surface area (Å²) in [6, 6.07) is 2.80. The summed E-state index contributed by atoms with van der Waals surface area (Å²) < 4.78 is 35.4. The Morgan fingerprint density at radius 3 is 1.64 bits per heavy atom. The number of nitrogens with two attached hydrogens (primary N) is 1. The van der Waals surface area contributed by atoms with Crippen LogP contribution in [0.2, 0.25) is 0 Å². The smallest absolute Gasteiger partial charge is 0.407 e. The molecule has 0 bridgehead atoms. The Bertz CT molecular complexity index is 1790. The molecule has 4 heterocycles. The highest BCUT2D eigenvalue weighted by atomic mass is 19.1. The molecule has 0 unspecified atom stereocenters. The Balaban J connectivity index is 0.000000186. The van der Waals surface area contributed by atoms with Crippen molar-refractivity contribution in [3.05, 3.63) is 69.3 Å². The lowest BCUT2D eigenvalue weighted by molar-refractivity contribution is 0.0488. The molecule has 45 heavy (non-hydrogen) atoms. The summed E-state index contributed by atoms with van der Waals surface area (Å²) in [4.78, 5) is 52.1. The fourth-order valence-corrected chi connectivity index (χ4v) is 6.06. The lowest BCUT2D eigenvalue weighted by atomic mass is 9.91. The topological polar surface area (TPSA) is 160 Å². The molecule has 4 aromatic rings. The highest BCUT2D eigenvalue weighted by Gasteiger charge is 2.27. The second-order valence-electron chi connectivity index (χ2n) is 12.6. The number of carbonyl (C=O) groups excluding carboxylic acids is 1. The Morgan fingerprint density at radius 1 is 0.778 bits per heavy atom. The van der Waals surface area contributed by atoms with Crippen molar-refractivity contribution in [3.8, 4) is 0 Å². The van der Waals surface area contributed by atoms with Crippen LogP contribution < -0.4 is 22.2 Å². The van der Waals surface area contributed by atoms with Gasteiger partial charge in [0.15, 0.2) is 11.3 Å². The molecule has 0 atom stereocenters. The zero-order valence-electron chi connectivity index (χ0n) is 25.6. The minimum Gasteiger partial charge on any atom is -0.444 e. The predicted molar refractivity (Wildman–Crippen MR) is 164 cm³/mol. The first kappa shape index (κ1) is 32.1. The molecule has 12 nitrogen and oxygen atoms in total. The summed E-state index contributed by atoms with van der Waals surface area (Å²) in [7, 11) is 0. The van der Waals surface area contributed by atoms with E-state index in [9.17, 15) is 23.2 Å². The summed E-state index contributed by atoms with van der Waals surface area (Å²) >= 11 is 0. The van der Waals surface area contributed by atoms with Gasteiger partial charge in [-0.15, -0.1) is 0 Å². The van der Waals surface area contributed by atoms with Gasteiger partial charge in [-0.3, -0.25) is 9.59 Å². The van der Waals surface area contributed by atoms with Crippen molar-refractivity contribution in [3.63, 3.8) is 0 Å². The lowest BCUT2D eigenvalue weighted by Gasteiger charge is -2.31. The van der Waals surface area contributed by atoms with Crippen molar-refractivity contribution in [2.24, 2.45) is 5.73 Å². The number of ether oxygens (including phenoxy) is 1. The molecular formula is C31H38F2N8O4. The van der Waals surface area contributed by atoms with Gasteiger partial charge in [-0.1, -0.05) is 0 Å². The van der Waals surface area contributed by atoms with Crippen LogP contribution in [0.15, 0.2) is 46.5 Å². The van der Waals surface area contributed by atoms with E-state index in [-0.39, 0.29) is 35.3 Å². The van der Waals surface area contributed by atoms with Crippen molar-refractivity contribution < 1.29 is 18.3 Å². The number of amides is 1. The monoisotopic (exact) mass is 624 g/mol. The van der Waals surface area contributed by atoms with E-state index in [1.807, 2.05) is 20.8 Å². The molecule has 2 aliphatic carbocycles. The normalized spacial score (nSPS) is 22.0. The fourth-order valence-electron chi connectivity index (χ4n) is 6.06. The van der Waals surface area contributed by atoms with Crippen LogP contribution in [0.5, 0.6) is 0 Å². The van der Waals surface area contributed by atoms with Crippen molar-refractivity contribution >= 4 is 28.4 Å². The Hall–Kier alpha value is -4.33. The molecule has 1 amide bonds. The molecule has 3 N–H and O–H groups in total. The molecule has 2 saturated carbocycles. The number of halogens is 2.